The summed E-state index contributed by atoms with van der Waals surface area (Å²) in [6.07, 6.45) is -4.82. The van der Waals surface area contributed by atoms with E-state index in [9.17, 15) is 18.0 Å². The number of hydrogen-bond donors (Lipinski definition) is 1. The average Bonchev–Trinajstić information content (AvgIpc) is 2.43. The van der Waals surface area contributed by atoms with Crippen molar-refractivity contribution >= 4 is 27.8 Å². The first-order chi connectivity index (χ1) is 7.99. The molecule has 0 aromatic carbocycles. The lowest BCUT2D eigenvalue weighted by molar-refractivity contribution is -0.212. The van der Waals surface area contributed by atoms with Gasteiger partial charge in [0.1, 0.15) is 5.60 Å². The Hall–Kier alpha value is -1.25. The van der Waals surface area contributed by atoms with Gasteiger partial charge in [0.25, 0.3) is 0 Å². The van der Waals surface area contributed by atoms with E-state index in [2.05, 4.69) is 26.3 Å². The number of hydrogen-bond acceptors (Lipinski definition) is 3. The molecule has 1 heterocycles. The monoisotopic (exact) mass is 329 g/mol. The predicted molar refractivity (Wildman–Crippen MR) is 61.1 cm³/mol. The van der Waals surface area contributed by atoms with Crippen molar-refractivity contribution in [1.82, 2.24) is 9.78 Å². The first kappa shape index (κ1) is 14.8. The highest BCUT2D eigenvalue weighted by Gasteiger charge is 2.33. The average molecular weight is 330 g/mol. The number of nitrogens with one attached hydrogen (secondary N) is 1. The van der Waals surface area contributed by atoms with Crippen molar-refractivity contribution in [2.75, 3.05) is 5.32 Å². The second kappa shape index (κ2) is 4.79. The Morgan fingerprint density at radius 3 is 2.39 bits per heavy atom. The van der Waals surface area contributed by atoms with Crippen molar-refractivity contribution in [3.8, 4) is 0 Å². The zero-order valence-electron chi connectivity index (χ0n) is 9.80. The molecular formula is C9H11BrF3N3O2. The largest absolute Gasteiger partial charge is 0.504 e. The van der Waals surface area contributed by atoms with Crippen LogP contribution >= 0.6 is 15.9 Å². The van der Waals surface area contributed by atoms with Crippen molar-refractivity contribution < 1.29 is 22.7 Å². The molecule has 18 heavy (non-hydrogen) atoms. The van der Waals surface area contributed by atoms with E-state index in [1.54, 1.807) is 20.8 Å². The molecular weight excluding hydrogens is 319 g/mol. The summed E-state index contributed by atoms with van der Waals surface area (Å²) >= 11 is 2.86. The molecule has 0 saturated heterocycles. The van der Waals surface area contributed by atoms with Gasteiger partial charge < -0.3 is 4.74 Å². The summed E-state index contributed by atoms with van der Waals surface area (Å²) in [5.41, 5.74) is -0.747. The van der Waals surface area contributed by atoms with Crippen LogP contribution in [0.4, 0.5) is 23.8 Å². The molecule has 1 N–H and O–H groups in total. The third kappa shape index (κ3) is 4.21. The van der Waals surface area contributed by atoms with E-state index in [0.717, 1.165) is 0 Å². The van der Waals surface area contributed by atoms with E-state index in [4.69, 9.17) is 4.74 Å². The first-order valence-electron chi connectivity index (χ1n) is 4.81. The lowest BCUT2D eigenvalue weighted by atomic mass is 10.2. The first-order valence-corrected chi connectivity index (χ1v) is 5.61. The van der Waals surface area contributed by atoms with Gasteiger partial charge in [-0.05, 0) is 36.7 Å². The van der Waals surface area contributed by atoms with E-state index in [0.29, 0.717) is 6.20 Å². The Morgan fingerprint density at radius 2 is 2.00 bits per heavy atom. The van der Waals surface area contributed by atoms with E-state index in [1.165, 1.54) is 0 Å². The van der Waals surface area contributed by atoms with Crippen molar-refractivity contribution in [2.45, 2.75) is 32.7 Å². The molecule has 0 unspecified atom stereocenters. The molecule has 0 aliphatic carbocycles. The van der Waals surface area contributed by atoms with Gasteiger partial charge in [-0.1, -0.05) is 0 Å². The Balaban J connectivity index is 2.80. The molecule has 0 atom stereocenters. The van der Waals surface area contributed by atoms with Crippen LogP contribution in [-0.2, 0) is 11.0 Å². The number of nitrogens with zero attached hydrogens (tertiary/aromatic N) is 2. The molecule has 0 aliphatic heterocycles. The maximum absolute atomic E-state index is 12.3. The molecule has 0 radical (unpaired) electrons. The third-order valence-corrected chi connectivity index (χ3v) is 2.13. The van der Waals surface area contributed by atoms with Crippen molar-refractivity contribution in [3.63, 3.8) is 0 Å². The summed E-state index contributed by atoms with van der Waals surface area (Å²) in [7, 11) is 0. The molecule has 0 spiro atoms. The molecule has 1 aromatic rings. The predicted octanol–water partition coefficient (Wildman–Crippen LogP) is 3.47. The second-order valence-corrected chi connectivity index (χ2v) is 5.22. The van der Waals surface area contributed by atoms with Gasteiger partial charge in [-0.2, -0.15) is 4.68 Å². The van der Waals surface area contributed by atoms with Gasteiger partial charge in [0.15, 0.2) is 5.82 Å². The van der Waals surface area contributed by atoms with Crippen molar-refractivity contribution in [2.24, 2.45) is 0 Å². The molecule has 1 rings (SSSR count). The molecule has 9 heteroatoms. The molecule has 0 aliphatic rings. The SMILES string of the molecule is CC(C)(C)OC(=O)Nc1nn(C(F)(F)F)cc1Br. The van der Waals surface area contributed by atoms with Crippen LogP contribution in [0.1, 0.15) is 20.8 Å². The molecule has 0 saturated carbocycles. The Bertz CT molecular complexity index is 451. The summed E-state index contributed by atoms with van der Waals surface area (Å²) in [6, 6.07) is 0. The van der Waals surface area contributed by atoms with E-state index >= 15 is 0 Å². The number of ether oxygens (including phenoxy) is 1. The molecule has 1 amide bonds. The van der Waals surface area contributed by atoms with Crippen LogP contribution in [0.15, 0.2) is 10.7 Å². The maximum Gasteiger partial charge on any atom is 0.504 e. The van der Waals surface area contributed by atoms with Crippen LogP contribution in [0.5, 0.6) is 0 Å². The van der Waals surface area contributed by atoms with Crippen LogP contribution in [0, 0.1) is 0 Å². The van der Waals surface area contributed by atoms with Gasteiger partial charge in [0.05, 0.1) is 10.7 Å². The van der Waals surface area contributed by atoms with Crippen LogP contribution in [0.3, 0.4) is 0 Å². The number of anilines is 1. The van der Waals surface area contributed by atoms with E-state index in [1.807, 2.05) is 0 Å². The van der Waals surface area contributed by atoms with Gasteiger partial charge in [-0.3, -0.25) is 5.32 Å². The lowest BCUT2D eigenvalue weighted by Gasteiger charge is -2.19. The number of carbonyl (C=O) groups excluding carboxylic acids is 1. The van der Waals surface area contributed by atoms with Crippen molar-refractivity contribution in [1.29, 1.82) is 0 Å². The summed E-state index contributed by atoms with van der Waals surface area (Å²) in [5, 5.41) is 5.30. The van der Waals surface area contributed by atoms with Gasteiger partial charge >= 0.3 is 12.4 Å². The van der Waals surface area contributed by atoms with E-state index in [-0.39, 0.29) is 15.0 Å². The topological polar surface area (TPSA) is 56.1 Å². The van der Waals surface area contributed by atoms with Crippen LogP contribution in [0.25, 0.3) is 0 Å². The number of halogens is 4. The normalized spacial score (nSPS) is 12.4. The zero-order chi connectivity index (χ0) is 14.1. The fourth-order valence-electron chi connectivity index (χ4n) is 0.968. The summed E-state index contributed by atoms with van der Waals surface area (Å²) in [5.74, 6) is -0.262. The second-order valence-electron chi connectivity index (χ2n) is 4.36. The minimum atomic E-state index is -4.64. The van der Waals surface area contributed by atoms with E-state index < -0.39 is 18.0 Å². The summed E-state index contributed by atoms with van der Waals surface area (Å²) in [6.45, 7) is 4.90. The lowest BCUT2D eigenvalue weighted by Crippen LogP contribution is -2.27. The molecule has 102 valence electrons. The highest BCUT2D eigenvalue weighted by atomic mass is 79.9. The number of carbonyl (C=O) groups is 1. The van der Waals surface area contributed by atoms with Gasteiger partial charge in [-0.15, -0.1) is 18.3 Å². The maximum atomic E-state index is 12.3. The number of alkyl halides is 3. The quantitative estimate of drug-likeness (QED) is 0.858. The van der Waals surface area contributed by atoms with Crippen molar-refractivity contribution in [3.05, 3.63) is 10.7 Å². The number of amides is 1. The smallest absolute Gasteiger partial charge is 0.444 e. The summed E-state index contributed by atoms with van der Waals surface area (Å²) < 4.78 is 41.7. The zero-order valence-corrected chi connectivity index (χ0v) is 11.4. The van der Waals surface area contributed by atoms with Crippen LogP contribution in [-0.4, -0.2) is 21.5 Å². The third-order valence-electron chi connectivity index (χ3n) is 1.55. The summed E-state index contributed by atoms with van der Waals surface area (Å²) in [4.78, 5) is 11.4. The number of aromatic nitrogens is 2. The highest BCUT2D eigenvalue weighted by Crippen LogP contribution is 2.28. The van der Waals surface area contributed by atoms with Gasteiger partial charge in [-0.25, -0.2) is 4.79 Å². The Morgan fingerprint density at radius 1 is 1.44 bits per heavy atom. The Kier molecular flexibility index (Phi) is 3.94. The van der Waals surface area contributed by atoms with Gasteiger partial charge in [0.2, 0.25) is 0 Å². The molecule has 0 fully saturated rings. The molecule has 1 aromatic heterocycles. The fourth-order valence-corrected chi connectivity index (χ4v) is 1.34. The molecule has 0 bridgehead atoms. The minimum Gasteiger partial charge on any atom is -0.444 e. The minimum absolute atomic E-state index is 0.00526. The molecule has 5 nitrogen and oxygen atoms in total. The van der Waals surface area contributed by atoms with Crippen LogP contribution < -0.4 is 5.32 Å². The standard InChI is InChI=1S/C9H11BrF3N3O2/c1-8(2,3)18-7(17)14-6-5(10)4-16(15-6)9(11,12)13/h4H,1-3H3,(H,14,15,17). The highest BCUT2D eigenvalue weighted by molar-refractivity contribution is 9.10. The number of rotatable bonds is 1. The Labute approximate surface area is 109 Å². The fraction of sp³-hybridized carbons (Fsp3) is 0.556. The van der Waals surface area contributed by atoms with Crippen LogP contribution in [0.2, 0.25) is 0 Å². The van der Waals surface area contributed by atoms with Gasteiger partial charge in [0, 0.05) is 0 Å².